The van der Waals surface area contributed by atoms with Crippen LogP contribution in [-0.2, 0) is 0 Å². The molecule has 0 fully saturated rings. The number of hydrogen-bond donors (Lipinski definition) is 2. The van der Waals surface area contributed by atoms with E-state index in [4.69, 9.17) is 5.73 Å². The summed E-state index contributed by atoms with van der Waals surface area (Å²) in [6, 6.07) is 12.4. The lowest BCUT2D eigenvalue weighted by Crippen LogP contribution is -2.15. The highest BCUT2D eigenvalue weighted by Crippen LogP contribution is 2.23. The number of ether oxygens (including phenoxy) is 1. The maximum absolute atomic E-state index is 12.3. The first-order valence-corrected chi connectivity index (χ1v) is 5.77. The number of carbonyl (C=O) groups is 1. The number of benzene rings is 2. The number of nitrogens with two attached hydrogens (primary N) is 1. The van der Waals surface area contributed by atoms with Gasteiger partial charge in [-0.1, -0.05) is 24.3 Å². The molecular weight excluding hydrogens is 266 g/mol. The lowest BCUT2D eigenvalue weighted by Gasteiger charge is -2.11. The number of para-hydroxylation sites is 3. The molecule has 0 heterocycles. The monoisotopic (exact) mass is 278 g/mol. The molecule has 0 saturated carbocycles. The second-order valence-corrected chi connectivity index (χ2v) is 3.92. The minimum absolute atomic E-state index is 0.0102. The SMILES string of the molecule is Nc1ccccc1NC(=O)c1ccccc1OC(F)F. The second-order valence-electron chi connectivity index (χ2n) is 3.92. The lowest BCUT2D eigenvalue weighted by molar-refractivity contribution is -0.0501. The molecule has 0 aliphatic rings. The number of halogens is 2. The van der Waals surface area contributed by atoms with Crippen molar-refractivity contribution < 1.29 is 18.3 Å². The summed E-state index contributed by atoms with van der Waals surface area (Å²) in [6.07, 6.45) is 0. The highest BCUT2D eigenvalue weighted by Gasteiger charge is 2.15. The van der Waals surface area contributed by atoms with E-state index in [9.17, 15) is 13.6 Å². The summed E-state index contributed by atoms with van der Waals surface area (Å²) in [6.45, 7) is -2.99. The van der Waals surface area contributed by atoms with Gasteiger partial charge in [-0.2, -0.15) is 8.78 Å². The van der Waals surface area contributed by atoms with Crippen LogP contribution in [0, 0.1) is 0 Å². The molecule has 0 aromatic heterocycles. The van der Waals surface area contributed by atoms with E-state index in [-0.39, 0.29) is 11.3 Å². The summed E-state index contributed by atoms with van der Waals surface area (Å²) in [4.78, 5) is 12.1. The average Bonchev–Trinajstić information content (AvgIpc) is 2.41. The smallest absolute Gasteiger partial charge is 0.387 e. The third-order valence-corrected chi connectivity index (χ3v) is 2.56. The van der Waals surface area contributed by atoms with Gasteiger partial charge in [0.15, 0.2) is 0 Å². The van der Waals surface area contributed by atoms with Crippen molar-refractivity contribution in [3.8, 4) is 5.75 Å². The minimum Gasteiger partial charge on any atom is -0.434 e. The molecule has 0 bridgehead atoms. The van der Waals surface area contributed by atoms with Gasteiger partial charge in [-0.3, -0.25) is 4.79 Å². The normalized spacial score (nSPS) is 10.3. The van der Waals surface area contributed by atoms with Gasteiger partial charge in [-0.05, 0) is 24.3 Å². The number of anilines is 2. The van der Waals surface area contributed by atoms with Gasteiger partial charge in [0.25, 0.3) is 5.91 Å². The molecule has 0 atom stereocenters. The molecule has 0 spiro atoms. The largest absolute Gasteiger partial charge is 0.434 e. The van der Waals surface area contributed by atoms with Crippen LogP contribution >= 0.6 is 0 Å². The van der Waals surface area contributed by atoms with Crippen molar-refractivity contribution in [1.82, 2.24) is 0 Å². The number of amides is 1. The van der Waals surface area contributed by atoms with Crippen LogP contribution in [0.4, 0.5) is 20.2 Å². The average molecular weight is 278 g/mol. The Bertz CT molecular complexity index is 618. The molecule has 0 aliphatic heterocycles. The predicted molar refractivity (Wildman–Crippen MR) is 71.9 cm³/mol. The topological polar surface area (TPSA) is 64.3 Å². The Morgan fingerprint density at radius 3 is 2.45 bits per heavy atom. The van der Waals surface area contributed by atoms with Crippen LogP contribution in [0.3, 0.4) is 0 Å². The van der Waals surface area contributed by atoms with Crippen LogP contribution in [0.5, 0.6) is 5.75 Å². The van der Waals surface area contributed by atoms with Gasteiger partial charge >= 0.3 is 6.61 Å². The van der Waals surface area contributed by atoms with Gasteiger partial charge in [0.1, 0.15) is 5.75 Å². The van der Waals surface area contributed by atoms with Crippen molar-refractivity contribution in [2.45, 2.75) is 6.61 Å². The third kappa shape index (κ3) is 3.23. The zero-order valence-electron chi connectivity index (χ0n) is 10.3. The summed E-state index contributed by atoms with van der Waals surface area (Å²) in [7, 11) is 0. The van der Waals surface area contributed by atoms with Crippen molar-refractivity contribution in [1.29, 1.82) is 0 Å². The van der Waals surface area contributed by atoms with Crippen molar-refractivity contribution >= 4 is 17.3 Å². The summed E-state index contributed by atoms with van der Waals surface area (Å²) >= 11 is 0. The Morgan fingerprint density at radius 2 is 1.75 bits per heavy atom. The van der Waals surface area contributed by atoms with E-state index in [0.717, 1.165) is 0 Å². The zero-order valence-corrected chi connectivity index (χ0v) is 10.3. The quantitative estimate of drug-likeness (QED) is 0.844. The summed E-state index contributed by atoms with van der Waals surface area (Å²) in [5.41, 5.74) is 6.50. The number of nitrogen functional groups attached to an aromatic ring is 1. The van der Waals surface area contributed by atoms with E-state index in [1.807, 2.05) is 0 Å². The van der Waals surface area contributed by atoms with E-state index in [1.54, 1.807) is 30.3 Å². The maximum atomic E-state index is 12.3. The molecule has 20 heavy (non-hydrogen) atoms. The highest BCUT2D eigenvalue weighted by molar-refractivity contribution is 6.07. The van der Waals surface area contributed by atoms with E-state index < -0.39 is 12.5 Å². The molecule has 0 aliphatic carbocycles. The number of alkyl halides is 2. The molecule has 2 aromatic rings. The van der Waals surface area contributed by atoms with Gasteiger partial charge < -0.3 is 15.8 Å². The first kappa shape index (κ1) is 13.8. The molecule has 0 radical (unpaired) electrons. The van der Waals surface area contributed by atoms with Crippen LogP contribution < -0.4 is 15.8 Å². The first-order valence-electron chi connectivity index (χ1n) is 5.77. The first-order chi connectivity index (χ1) is 9.58. The van der Waals surface area contributed by atoms with Crippen LogP contribution in [-0.4, -0.2) is 12.5 Å². The van der Waals surface area contributed by atoms with E-state index in [0.29, 0.717) is 11.4 Å². The predicted octanol–water partition coefficient (Wildman–Crippen LogP) is 3.12. The Morgan fingerprint density at radius 1 is 1.10 bits per heavy atom. The van der Waals surface area contributed by atoms with Gasteiger partial charge in [0, 0.05) is 0 Å². The Hall–Kier alpha value is -2.63. The minimum atomic E-state index is -2.99. The molecule has 0 unspecified atom stereocenters. The molecule has 6 heteroatoms. The Balaban J connectivity index is 2.23. The number of rotatable bonds is 4. The number of hydrogen-bond acceptors (Lipinski definition) is 3. The molecular formula is C14H12F2N2O2. The van der Waals surface area contributed by atoms with Gasteiger partial charge in [0.2, 0.25) is 0 Å². The zero-order chi connectivity index (χ0) is 14.5. The Labute approximate surface area is 114 Å². The lowest BCUT2D eigenvalue weighted by atomic mass is 10.1. The van der Waals surface area contributed by atoms with Crippen molar-refractivity contribution in [3.05, 3.63) is 54.1 Å². The molecule has 104 valence electrons. The second kappa shape index (κ2) is 6.01. The van der Waals surface area contributed by atoms with Crippen molar-refractivity contribution in [2.75, 3.05) is 11.1 Å². The molecule has 1 amide bonds. The molecule has 4 nitrogen and oxygen atoms in total. The van der Waals surface area contributed by atoms with E-state index in [1.165, 1.54) is 18.2 Å². The van der Waals surface area contributed by atoms with Crippen molar-refractivity contribution in [3.63, 3.8) is 0 Å². The summed E-state index contributed by atoms with van der Waals surface area (Å²) < 4.78 is 28.9. The van der Waals surface area contributed by atoms with Crippen LogP contribution in [0.2, 0.25) is 0 Å². The van der Waals surface area contributed by atoms with E-state index >= 15 is 0 Å². The molecule has 0 saturated heterocycles. The fourth-order valence-electron chi connectivity index (χ4n) is 1.65. The highest BCUT2D eigenvalue weighted by atomic mass is 19.3. The molecule has 2 rings (SSSR count). The number of nitrogens with one attached hydrogen (secondary N) is 1. The molecule has 2 aromatic carbocycles. The fourth-order valence-corrected chi connectivity index (χ4v) is 1.65. The third-order valence-electron chi connectivity index (χ3n) is 2.56. The van der Waals surface area contributed by atoms with Crippen LogP contribution in [0.25, 0.3) is 0 Å². The maximum Gasteiger partial charge on any atom is 0.387 e. The van der Waals surface area contributed by atoms with E-state index in [2.05, 4.69) is 10.1 Å². The Kier molecular flexibility index (Phi) is 4.14. The van der Waals surface area contributed by atoms with Gasteiger partial charge in [0.05, 0.1) is 16.9 Å². The van der Waals surface area contributed by atoms with Gasteiger partial charge in [-0.25, -0.2) is 0 Å². The summed E-state index contributed by atoms with van der Waals surface area (Å²) in [5, 5.41) is 2.55. The number of carbonyl (C=O) groups excluding carboxylic acids is 1. The van der Waals surface area contributed by atoms with Crippen LogP contribution in [0.15, 0.2) is 48.5 Å². The van der Waals surface area contributed by atoms with Gasteiger partial charge in [-0.15, -0.1) is 0 Å². The molecule has 3 N–H and O–H groups in total. The van der Waals surface area contributed by atoms with Crippen molar-refractivity contribution in [2.24, 2.45) is 0 Å². The summed E-state index contributed by atoms with van der Waals surface area (Å²) in [5.74, 6) is -0.756. The van der Waals surface area contributed by atoms with Crippen LogP contribution in [0.1, 0.15) is 10.4 Å². The fraction of sp³-hybridized carbons (Fsp3) is 0.0714. The standard InChI is InChI=1S/C14H12F2N2O2/c15-14(16)20-12-8-4-1-5-9(12)13(19)18-11-7-3-2-6-10(11)17/h1-8,14H,17H2,(H,18,19).